The first-order valence-electron chi connectivity index (χ1n) is 5.46. The average Bonchev–Trinajstić information content (AvgIpc) is 2.29. The lowest BCUT2D eigenvalue weighted by Crippen LogP contribution is -2.46. The number of benzene rings is 1. The van der Waals surface area contributed by atoms with E-state index in [2.05, 4.69) is 5.32 Å². The molecule has 2 rings (SSSR count). The fraction of sp³-hybridized carbons (Fsp3) is 0.417. The summed E-state index contributed by atoms with van der Waals surface area (Å²) in [6.07, 6.45) is 0.621. The van der Waals surface area contributed by atoms with Gasteiger partial charge in [-0.1, -0.05) is 6.07 Å². The van der Waals surface area contributed by atoms with Crippen LogP contribution in [-0.2, 0) is 10.2 Å². The minimum Gasteiger partial charge on any atom is -0.481 e. The number of halogens is 2. The van der Waals surface area contributed by atoms with Crippen LogP contribution in [0.1, 0.15) is 18.4 Å². The third-order valence-corrected chi connectivity index (χ3v) is 3.31. The Bertz CT molecular complexity index is 442. The molecule has 17 heavy (non-hydrogen) atoms. The first kappa shape index (κ1) is 12.0. The maximum atomic E-state index is 13.7. The summed E-state index contributed by atoms with van der Waals surface area (Å²) in [6.45, 7) is 1.03. The Balaban J connectivity index is 2.49. The van der Waals surface area contributed by atoms with Gasteiger partial charge in [-0.25, -0.2) is 8.78 Å². The molecule has 1 saturated heterocycles. The minimum absolute atomic E-state index is 0.0768. The van der Waals surface area contributed by atoms with Crippen LogP contribution in [0, 0.1) is 11.6 Å². The standard InChI is InChI=1S/C12H13F2NO2/c13-8-1-2-9(10(14)7-8)12(11(16)17)3-5-15-6-4-12/h1-2,7,15H,3-6H2,(H,16,17). The van der Waals surface area contributed by atoms with E-state index in [1.54, 1.807) is 0 Å². The van der Waals surface area contributed by atoms with Crippen LogP contribution in [0.2, 0.25) is 0 Å². The molecule has 0 radical (unpaired) electrons. The molecule has 0 spiro atoms. The van der Waals surface area contributed by atoms with Gasteiger partial charge < -0.3 is 10.4 Å². The number of rotatable bonds is 2. The van der Waals surface area contributed by atoms with Crippen molar-refractivity contribution in [2.45, 2.75) is 18.3 Å². The molecule has 0 saturated carbocycles. The molecular weight excluding hydrogens is 228 g/mol. The number of carboxylic acid groups (broad SMARTS) is 1. The summed E-state index contributed by atoms with van der Waals surface area (Å²) < 4.78 is 26.6. The molecule has 0 amide bonds. The molecular formula is C12H13F2NO2. The second kappa shape index (κ2) is 4.41. The Morgan fingerprint density at radius 2 is 1.94 bits per heavy atom. The molecule has 1 fully saturated rings. The zero-order valence-corrected chi connectivity index (χ0v) is 9.17. The monoisotopic (exact) mass is 241 g/mol. The minimum atomic E-state index is -1.23. The highest BCUT2D eigenvalue weighted by Gasteiger charge is 2.43. The van der Waals surface area contributed by atoms with E-state index in [0.29, 0.717) is 25.9 Å². The zero-order chi connectivity index (χ0) is 12.5. The van der Waals surface area contributed by atoms with E-state index in [0.717, 1.165) is 12.1 Å². The molecule has 92 valence electrons. The number of hydrogen-bond acceptors (Lipinski definition) is 2. The summed E-state index contributed by atoms with van der Waals surface area (Å²) in [7, 11) is 0. The second-order valence-corrected chi connectivity index (χ2v) is 4.26. The molecule has 2 N–H and O–H groups in total. The van der Waals surface area contributed by atoms with Gasteiger partial charge in [0.25, 0.3) is 0 Å². The number of carbonyl (C=O) groups is 1. The number of carboxylic acids is 1. The van der Waals surface area contributed by atoms with Gasteiger partial charge in [0.1, 0.15) is 11.6 Å². The Labute approximate surface area is 97.5 Å². The largest absolute Gasteiger partial charge is 0.481 e. The number of aliphatic carboxylic acids is 1. The molecule has 0 aromatic heterocycles. The number of hydrogen-bond donors (Lipinski definition) is 2. The van der Waals surface area contributed by atoms with Gasteiger partial charge in [0.15, 0.2) is 0 Å². The maximum Gasteiger partial charge on any atom is 0.314 e. The third kappa shape index (κ3) is 2.02. The molecule has 5 heteroatoms. The Kier molecular flexibility index (Phi) is 3.11. The van der Waals surface area contributed by atoms with Crippen molar-refractivity contribution in [2.24, 2.45) is 0 Å². The number of piperidine rings is 1. The zero-order valence-electron chi connectivity index (χ0n) is 9.17. The lowest BCUT2D eigenvalue weighted by molar-refractivity contribution is -0.145. The molecule has 0 atom stereocenters. The highest BCUT2D eigenvalue weighted by Crippen LogP contribution is 2.35. The summed E-state index contributed by atoms with van der Waals surface area (Å²) in [5.74, 6) is -2.53. The summed E-state index contributed by atoms with van der Waals surface area (Å²) in [5, 5.41) is 12.4. The molecule has 1 aliphatic rings. The van der Waals surface area contributed by atoms with Crippen LogP contribution in [0.4, 0.5) is 8.78 Å². The lowest BCUT2D eigenvalue weighted by Gasteiger charge is -2.34. The van der Waals surface area contributed by atoms with Crippen LogP contribution in [0.3, 0.4) is 0 Å². The van der Waals surface area contributed by atoms with E-state index in [-0.39, 0.29) is 5.56 Å². The maximum absolute atomic E-state index is 13.7. The van der Waals surface area contributed by atoms with Crippen molar-refractivity contribution in [3.8, 4) is 0 Å². The fourth-order valence-corrected chi connectivity index (χ4v) is 2.33. The van der Waals surface area contributed by atoms with Crippen molar-refractivity contribution in [3.05, 3.63) is 35.4 Å². The van der Waals surface area contributed by atoms with E-state index in [9.17, 15) is 18.7 Å². The van der Waals surface area contributed by atoms with Crippen LogP contribution >= 0.6 is 0 Å². The summed E-state index contributed by atoms with van der Waals surface area (Å²) in [6, 6.07) is 3.08. The van der Waals surface area contributed by atoms with Crippen molar-refractivity contribution >= 4 is 5.97 Å². The van der Waals surface area contributed by atoms with Gasteiger partial charge in [-0.3, -0.25) is 4.79 Å². The predicted octanol–water partition coefficient (Wildman–Crippen LogP) is 1.67. The van der Waals surface area contributed by atoms with Crippen molar-refractivity contribution in [2.75, 3.05) is 13.1 Å². The SMILES string of the molecule is O=C(O)C1(c2ccc(F)cc2F)CCNCC1. The van der Waals surface area contributed by atoms with Gasteiger partial charge in [-0.05, 0) is 32.0 Å². The molecule has 0 unspecified atom stereocenters. The van der Waals surface area contributed by atoms with Gasteiger partial charge in [-0.15, -0.1) is 0 Å². The lowest BCUT2D eigenvalue weighted by atomic mass is 9.73. The van der Waals surface area contributed by atoms with Crippen LogP contribution in [0.25, 0.3) is 0 Å². The highest BCUT2D eigenvalue weighted by molar-refractivity contribution is 5.81. The van der Waals surface area contributed by atoms with E-state index in [1.807, 2.05) is 0 Å². The average molecular weight is 241 g/mol. The molecule has 1 heterocycles. The molecule has 1 aromatic rings. The normalized spacial score (nSPS) is 18.9. The smallest absolute Gasteiger partial charge is 0.314 e. The van der Waals surface area contributed by atoms with E-state index < -0.39 is 23.0 Å². The van der Waals surface area contributed by atoms with Crippen LogP contribution in [0.5, 0.6) is 0 Å². The van der Waals surface area contributed by atoms with E-state index >= 15 is 0 Å². The quantitative estimate of drug-likeness (QED) is 0.828. The van der Waals surface area contributed by atoms with E-state index in [1.165, 1.54) is 6.07 Å². The highest BCUT2D eigenvalue weighted by atomic mass is 19.1. The van der Waals surface area contributed by atoms with Gasteiger partial charge in [0, 0.05) is 11.6 Å². The van der Waals surface area contributed by atoms with Crippen LogP contribution in [0.15, 0.2) is 18.2 Å². The first-order chi connectivity index (χ1) is 8.06. The van der Waals surface area contributed by atoms with Gasteiger partial charge >= 0.3 is 5.97 Å². The van der Waals surface area contributed by atoms with Crippen molar-refractivity contribution in [1.82, 2.24) is 5.32 Å². The summed E-state index contributed by atoms with van der Waals surface area (Å²) >= 11 is 0. The van der Waals surface area contributed by atoms with Crippen molar-refractivity contribution < 1.29 is 18.7 Å². The topological polar surface area (TPSA) is 49.3 Å². The van der Waals surface area contributed by atoms with Crippen molar-refractivity contribution in [3.63, 3.8) is 0 Å². The summed E-state index contributed by atoms with van der Waals surface area (Å²) in [4.78, 5) is 11.4. The molecule has 1 aromatic carbocycles. The summed E-state index contributed by atoms with van der Waals surface area (Å²) in [5.41, 5.74) is -1.16. The Morgan fingerprint density at radius 1 is 1.29 bits per heavy atom. The van der Waals surface area contributed by atoms with Crippen LogP contribution in [-0.4, -0.2) is 24.2 Å². The Morgan fingerprint density at radius 3 is 2.47 bits per heavy atom. The van der Waals surface area contributed by atoms with Gasteiger partial charge in [-0.2, -0.15) is 0 Å². The van der Waals surface area contributed by atoms with E-state index in [4.69, 9.17) is 0 Å². The van der Waals surface area contributed by atoms with Crippen molar-refractivity contribution in [1.29, 1.82) is 0 Å². The van der Waals surface area contributed by atoms with Gasteiger partial charge in [0.2, 0.25) is 0 Å². The molecule has 0 bridgehead atoms. The Hall–Kier alpha value is -1.49. The second-order valence-electron chi connectivity index (χ2n) is 4.26. The predicted molar refractivity (Wildman–Crippen MR) is 57.8 cm³/mol. The fourth-order valence-electron chi connectivity index (χ4n) is 2.33. The third-order valence-electron chi connectivity index (χ3n) is 3.31. The molecule has 0 aliphatic carbocycles. The first-order valence-corrected chi connectivity index (χ1v) is 5.46. The molecule has 3 nitrogen and oxygen atoms in total. The number of nitrogens with one attached hydrogen (secondary N) is 1. The molecule has 1 aliphatic heterocycles. The van der Waals surface area contributed by atoms with Gasteiger partial charge in [0.05, 0.1) is 5.41 Å². The van der Waals surface area contributed by atoms with Crippen LogP contribution < -0.4 is 5.32 Å².